The Morgan fingerprint density at radius 3 is 1.49 bits per heavy atom. The lowest BCUT2D eigenvalue weighted by Crippen LogP contribution is -2.41. The van der Waals surface area contributed by atoms with Gasteiger partial charge in [-0.2, -0.15) is 0 Å². The maximum Gasteiger partial charge on any atom is 0.494 e. The Labute approximate surface area is 253 Å². The fraction of sp³-hybridized carbons (Fsp3) is 0.211. The summed E-state index contributed by atoms with van der Waals surface area (Å²) in [5, 5.41) is 7.00. The van der Waals surface area contributed by atoms with Crippen LogP contribution < -0.4 is 14.9 Å². The molecule has 0 radical (unpaired) electrons. The zero-order chi connectivity index (χ0) is 29.9. The molecule has 1 saturated heterocycles. The van der Waals surface area contributed by atoms with Gasteiger partial charge in [-0.05, 0) is 101 Å². The number of para-hydroxylation sites is 2. The van der Waals surface area contributed by atoms with Gasteiger partial charge in [-0.15, -0.1) is 0 Å². The molecule has 0 bridgehead atoms. The highest BCUT2D eigenvalue weighted by Gasteiger charge is 2.51. The van der Waals surface area contributed by atoms with Gasteiger partial charge in [0.1, 0.15) is 11.5 Å². The van der Waals surface area contributed by atoms with Crippen molar-refractivity contribution in [2.24, 2.45) is 0 Å². The van der Waals surface area contributed by atoms with Gasteiger partial charge < -0.3 is 18.8 Å². The molecule has 1 aliphatic rings. The summed E-state index contributed by atoms with van der Waals surface area (Å²) in [5.74, 6) is 1.68. The van der Waals surface area contributed by atoms with E-state index in [-0.39, 0.29) is 0 Å². The van der Waals surface area contributed by atoms with E-state index in [1.807, 2.05) is 24.3 Å². The summed E-state index contributed by atoms with van der Waals surface area (Å²) < 4.78 is 24.6. The van der Waals surface area contributed by atoms with E-state index < -0.39 is 18.3 Å². The minimum absolute atomic E-state index is 0.427. The van der Waals surface area contributed by atoms with Crippen molar-refractivity contribution in [3.05, 3.63) is 103 Å². The van der Waals surface area contributed by atoms with Crippen molar-refractivity contribution < 1.29 is 18.8 Å². The van der Waals surface area contributed by atoms with Gasteiger partial charge in [0.25, 0.3) is 0 Å². The second kappa shape index (κ2) is 10.2. The van der Waals surface area contributed by atoms with Crippen LogP contribution in [0.2, 0.25) is 0 Å². The molecule has 0 N–H and O–H groups in total. The van der Waals surface area contributed by atoms with Crippen LogP contribution in [0, 0.1) is 0 Å². The van der Waals surface area contributed by atoms with Crippen molar-refractivity contribution in [3.8, 4) is 33.8 Å². The zero-order valence-electron chi connectivity index (χ0n) is 25.5. The van der Waals surface area contributed by atoms with E-state index in [0.717, 1.165) is 50.0 Å². The lowest BCUT2D eigenvalue weighted by Gasteiger charge is -2.32. The van der Waals surface area contributed by atoms with Crippen LogP contribution in [0.1, 0.15) is 27.7 Å². The van der Waals surface area contributed by atoms with E-state index in [0.29, 0.717) is 0 Å². The predicted molar refractivity (Wildman–Crippen MR) is 179 cm³/mol. The Hall–Kier alpha value is -4.32. The maximum atomic E-state index is 6.48. The van der Waals surface area contributed by atoms with E-state index in [9.17, 15) is 0 Å². The van der Waals surface area contributed by atoms with Crippen molar-refractivity contribution in [2.45, 2.75) is 38.9 Å². The smallest absolute Gasteiger partial charge is 0.494 e. The molecule has 6 aromatic rings. The van der Waals surface area contributed by atoms with Gasteiger partial charge in [-0.1, -0.05) is 78.9 Å². The molecule has 0 amide bonds. The Morgan fingerprint density at radius 1 is 0.465 bits per heavy atom. The first-order chi connectivity index (χ1) is 20.7. The van der Waals surface area contributed by atoms with Crippen molar-refractivity contribution in [2.75, 3.05) is 14.2 Å². The monoisotopic (exact) mass is 566 g/mol. The summed E-state index contributed by atoms with van der Waals surface area (Å²) in [6, 6.07) is 36.3. The lowest BCUT2D eigenvalue weighted by molar-refractivity contribution is 0.00578. The molecule has 0 unspecified atom stereocenters. The van der Waals surface area contributed by atoms with Gasteiger partial charge in [0.05, 0.1) is 25.4 Å². The minimum atomic E-state index is -0.462. The first-order valence-electron chi connectivity index (χ1n) is 14.8. The molecule has 1 aliphatic heterocycles. The highest BCUT2D eigenvalue weighted by molar-refractivity contribution is 6.62. The molecule has 5 heteroatoms. The minimum Gasteiger partial charge on any atom is -0.496 e. The summed E-state index contributed by atoms with van der Waals surface area (Å²) in [6.45, 7) is 8.36. The normalized spacial score (nSPS) is 15.8. The fourth-order valence-electron chi connectivity index (χ4n) is 6.32. The standard InChI is InChI=1S/C38H35BO4/c1-37(2)38(3,4)43-39(42-37)24-19-20-27-30(21-24)34(29-16-10-12-18-36(29)41-6)23-32-26-14-8-7-13-25(26)31(22-33(27)32)28-15-9-11-17-35(28)40-5/h7-23H,1-6H3. The second-order valence-electron chi connectivity index (χ2n) is 12.3. The summed E-state index contributed by atoms with van der Waals surface area (Å²) in [6.07, 6.45) is 0. The molecule has 214 valence electrons. The van der Waals surface area contributed by atoms with E-state index in [1.54, 1.807) is 14.2 Å². The number of hydrogen-bond acceptors (Lipinski definition) is 4. The van der Waals surface area contributed by atoms with E-state index in [1.165, 1.54) is 21.5 Å². The summed E-state index contributed by atoms with van der Waals surface area (Å²) in [4.78, 5) is 0. The summed E-state index contributed by atoms with van der Waals surface area (Å²) in [5.41, 5.74) is 4.50. The van der Waals surface area contributed by atoms with Crippen LogP contribution in [0.3, 0.4) is 0 Å². The fourth-order valence-corrected chi connectivity index (χ4v) is 6.32. The number of fused-ring (bicyclic) bond motifs is 5. The van der Waals surface area contributed by atoms with Crippen LogP contribution >= 0.6 is 0 Å². The molecule has 43 heavy (non-hydrogen) atoms. The highest BCUT2D eigenvalue weighted by Crippen LogP contribution is 2.45. The topological polar surface area (TPSA) is 36.9 Å². The van der Waals surface area contributed by atoms with Crippen molar-refractivity contribution in [3.63, 3.8) is 0 Å². The van der Waals surface area contributed by atoms with Crippen LogP contribution in [0.5, 0.6) is 11.5 Å². The number of ether oxygens (including phenoxy) is 2. The summed E-state index contributed by atoms with van der Waals surface area (Å²) >= 11 is 0. The third-order valence-electron chi connectivity index (χ3n) is 9.32. The largest absolute Gasteiger partial charge is 0.496 e. The molecule has 0 saturated carbocycles. The average molecular weight is 567 g/mol. The maximum absolute atomic E-state index is 6.48. The van der Waals surface area contributed by atoms with Crippen molar-refractivity contribution >= 4 is 44.9 Å². The first-order valence-corrected chi connectivity index (χ1v) is 14.8. The van der Waals surface area contributed by atoms with Crippen LogP contribution in [-0.2, 0) is 9.31 Å². The molecular weight excluding hydrogens is 531 g/mol. The predicted octanol–water partition coefficient (Wildman–Crippen LogP) is 8.80. The zero-order valence-corrected chi connectivity index (χ0v) is 25.5. The molecule has 0 spiro atoms. The first kappa shape index (κ1) is 27.5. The van der Waals surface area contributed by atoms with Gasteiger partial charge in [0, 0.05) is 11.1 Å². The molecule has 0 aliphatic carbocycles. The van der Waals surface area contributed by atoms with Crippen LogP contribution in [0.25, 0.3) is 54.6 Å². The van der Waals surface area contributed by atoms with Gasteiger partial charge in [0.15, 0.2) is 0 Å². The third kappa shape index (κ3) is 4.38. The van der Waals surface area contributed by atoms with E-state index >= 15 is 0 Å². The SMILES string of the molecule is COc1ccccc1-c1cc2c3ccc(B4OC(C)(C)C(C)(C)O4)cc3c(-c3ccccc3OC)cc2c2ccccc12. The molecule has 1 heterocycles. The molecule has 0 atom stereocenters. The molecule has 4 nitrogen and oxygen atoms in total. The average Bonchev–Trinajstić information content (AvgIpc) is 3.25. The molecule has 1 fully saturated rings. The number of benzene rings is 6. The molecule has 7 rings (SSSR count). The molecular formula is C38H35BO4. The second-order valence-corrected chi connectivity index (χ2v) is 12.3. The lowest BCUT2D eigenvalue weighted by atomic mass is 9.77. The van der Waals surface area contributed by atoms with Gasteiger partial charge >= 0.3 is 7.12 Å². The van der Waals surface area contributed by atoms with Crippen LogP contribution in [0.4, 0.5) is 0 Å². The Kier molecular flexibility index (Phi) is 6.49. The molecule has 0 aromatic heterocycles. The summed E-state index contributed by atoms with van der Waals surface area (Å²) in [7, 11) is 3.00. The van der Waals surface area contributed by atoms with Gasteiger partial charge in [0.2, 0.25) is 0 Å². The highest BCUT2D eigenvalue weighted by atomic mass is 16.7. The van der Waals surface area contributed by atoms with Crippen LogP contribution in [0.15, 0.2) is 103 Å². The Bertz CT molecular complexity index is 2010. The number of rotatable bonds is 5. The number of methoxy groups -OCH3 is 2. The van der Waals surface area contributed by atoms with Gasteiger partial charge in [-0.25, -0.2) is 0 Å². The quantitative estimate of drug-likeness (QED) is 0.154. The molecule has 6 aromatic carbocycles. The van der Waals surface area contributed by atoms with Crippen molar-refractivity contribution in [1.82, 2.24) is 0 Å². The van der Waals surface area contributed by atoms with E-state index in [2.05, 4.69) is 107 Å². The third-order valence-corrected chi connectivity index (χ3v) is 9.32. The van der Waals surface area contributed by atoms with Crippen molar-refractivity contribution in [1.29, 1.82) is 0 Å². The number of hydrogen-bond donors (Lipinski definition) is 0. The Morgan fingerprint density at radius 2 is 0.930 bits per heavy atom. The van der Waals surface area contributed by atoms with E-state index in [4.69, 9.17) is 18.8 Å². The van der Waals surface area contributed by atoms with Gasteiger partial charge in [-0.3, -0.25) is 0 Å². The van der Waals surface area contributed by atoms with Crippen LogP contribution in [-0.4, -0.2) is 32.5 Å². The Balaban J connectivity index is 1.58.